The molecular weight excluding hydrogens is 248 g/mol. The van der Waals surface area contributed by atoms with Gasteiger partial charge in [0.05, 0.1) is 11.7 Å². The Kier molecular flexibility index (Phi) is 3.69. The predicted octanol–water partition coefficient (Wildman–Crippen LogP) is 4.15. The number of hydrogen-bond donors (Lipinski definition) is 2. The Hall–Kier alpha value is -2.10. The molecule has 0 aliphatic heterocycles. The predicted molar refractivity (Wildman–Crippen MR) is 71.2 cm³/mol. The van der Waals surface area contributed by atoms with Gasteiger partial charge in [-0.05, 0) is 37.6 Å². The van der Waals surface area contributed by atoms with E-state index in [4.69, 9.17) is 0 Å². The lowest BCUT2D eigenvalue weighted by Gasteiger charge is -2.17. The van der Waals surface area contributed by atoms with E-state index in [1.165, 1.54) is 12.1 Å². The number of rotatable bonds is 3. The molecule has 4 heteroatoms. The van der Waals surface area contributed by atoms with Crippen LogP contribution in [0.1, 0.15) is 24.1 Å². The molecule has 0 aliphatic rings. The minimum atomic E-state index is -0.654. The van der Waals surface area contributed by atoms with E-state index in [-0.39, 0.29) is 17.5 Å². The van der Waals surface area contributed by atoms with Gasteiger partial charge in [0.2, 0.25) is 0 Å². The second-order valence-electron chi connectivity index (χ2n) is 4.55. The molecule has 0 saturated carbocycles. The van der Waals surface area contributed by atoms with Gasteiger partial charge in [-0.25, -0.2) is 8.78 Å². The summed E-state index contributed by atoms with van der Waals surface area (Å²) in [6, 6.07) is 8.36. The Morgan fingerprint density at radius 3 is 2.47 bits per heavy atom. The number of hydrogen-bond acceptors (Lipinski definition) is 2. The van der Waals surface area contributed by atoms with Gasteiger partial charge >= 0.3 is 0 Å². The molecule has 0 spiro atoms. The standard InChI is InChI=1S/C15H15F2NO/c1-9-3-5-12(15(19)7-9)10(2)18-14-6-4-11(16)8-13(14)17/h3-8,10,18-19H,1-2H3. The van der Waals surface area contributed by atoms with Gasteiger partial charge in [0.25, 0.3) is 0 Å². The third kappa shape index (κ3) is 3.02. The molecule has 0 heterocycles. The van der Waals surface area contributed by atoms with E-state index in [2.05, 4.69) is 5.32 Å². The average Bonchev–Trinajstić information content (AvgIpc) is 2.32. The quantitative estimate of drug-likeness (QED) is 0.871. The van der Waals surface area contributed by atoms with Crippen molar-refractivity contribution in [2.24, 2.45) is 0 Å². The SMILES string of the molecule is Cc1ccc(C(C)Nc2ccc(F)cc2F)c(O)c1. The summed E-state index contributed by atoms with van der Waals surface area (Å²) in [6.45, 7) is 3.68. The van der Waals surface area contributed by atoms with Crippen molar-refractivity contribution >= 4 is 5.69 Å². The first-order chi connectivity index (χ1) is 8.97. The summed E-state index contributed by atoms with van der Waals surface area (Å²) in [5.41, 5.74) is 1.81. The van der Waals surface area contributed by atoms with Crippen LogP contribution in [0, 0.1) is 18.6 Å². The molecule has 0 radical (unpaired) electrons. The highest BCUT2D eigenvalue weighted by Gasteiger charge is 2.12. The maximum absolute atomic E-state index is 13.5. The third-order valence-corrected chi connectivity index (χ3v) is 2.96. The molecule has 2 aromatic rings. The van der Waals surface area contributed by atoms with E-state index < -0.39 is 11.6 Å². The highest BCUT2D eigenvalue weighted by molar-refractivity contribution is 5.49. The van der Waals surface area contributed by atoms with Crippen LogP contribution < -0.4 is 5.32 Å². The Morgan fingerprint density at radius 2 is 1.84 bits per heavy atom. The van der Waals surface area contributed by atoms with Gasteiger partial charge in [-0.1, -0.05) is 12.1 Å². The fourth-order valence-electron chi connectivity index (χ4n) is 1.94. The molecule has 100 valence electrons. The molecule has 2 aromatic carbocycles. The minimum absolute atomic E-state index is 0.155. The van der Waals surface area contributed by atoms with Gasteiger partial charge in [0.1, 0.15) is 17.4 Å². The van der Waals surface area contributed by atoms with Gasteiger partial charge in [-0.15, -0.1) is 0 Å². The Balaban J connectivity index is 2.23. The second-order valence-corrected chi connectivity index (χ2v) is 4.55. The molecule has 0 amide bonds. The number of phenolic OH excluding ortho intramolecular Hbond substituents is 1. The maximum atomic E-state index is 13.5. The van der Waals surface area contributed by atoms with Crippen LogP contribution in [-0.2, 0) is 0 Å². The van der Waals surface area contributed by atoms with E-state index in [1.54, 1.807) is 19.1 Å². The minimum Gasteiger partial charge on any atom is -0.508 e. The molecule has 1 unspecified atom stereocenters. The Bertz CT molecular complexity index is 599. The zero-order chi connectivity index (χ0) is 14.0. The topological polar surface area (TPSA) is 32.3 Å². The van der Waals surface area contributed by atoms with Crippen LogP contribution in [-0.4, -0.2) is 5.11 Å². The Labute approximate surface area is 110 Å². The van der Waals surface area contributed by atoms with Gasteiger partial charge in [-0.2, -0.15) is 0 Å². The van der Waals surface area contributed by atoms with Crippen molar-refractivity contribution in [3.05, 3.63) is 59.2 Å². The summed E-state index contributed by atoms with van der Waals surface area (Å²) in [5.74, 6) is -1.12. The molecule has 2 N–H and O–H groups in total. The van der Waals surface area contributed by atoms with E-state index >= 15 is 0 Å². The van der Waals surface area contributed by atoms with E-state index in [0.29, 0.717) is 5.56 Å². The third-order valence-electron chi connectivity index (χ3n) is 2.96. The number of nitrogens with one attached hydrogen (secondary N) is 1. The molecule has 0 bridgehead atoms. The van der Waals surface area contributed by atoms with Crippen LogP contribution >= 0.6 is 0 Å². The number of aryl methyl sites for hydroxylation is 1. The van der Waals surface area contributed by atoms with Crippen molar-refractivity contribution in [2.45, 2.75) is 19.9 Å². The average molecular weight is 263 g/mol. The first-order valence-electron chi connectivity index (χ1n) is 5.98. The van der Waals surface area contributed by atoms with Crippen LogP contribution in [0.25, 0.3) is 0 Å². The summed E-state index contributed by atoms with van der Waals surface area (Å²) in [4.78, 5) is 0. The van der Waals surface area contributed by atoms with Crippen molar-refractivity contribution in [1.29, 1.82) is 0 Å². The highest BCUT2D eigenvalue weighted by atomic mass is 19.1. The number of benzene rings is 2. The lowest BCUT2D eigenvalue weighted by Crippen LogP contribution is -2.08. The van der Waals surface area contributed by atoms with Crippen molar-refractivity contribution in [1.82, 2.24) is 0 Å². The molecule has 19 heavy (non-hydrogen) atoms. The lowest BCUT2D eigenvalue weighted by molar-refractivity contribution is 0.464. The van der Waals surface area contributed by atoms with Crippen LogP contribution in [0.4, 0.5) is 14.5 Å². The van der Waals surface area contributed by atoms with Crippen molar-refractivity contribution < 1.29 is 13.9 Å². The monoisotopic (exact) mass is 263 g/mol. The first-order valence-corrected chi connectivity index (χ1v) is 5.98. The molecule has 1 atom stereocenters. The van der Waals surface area contributed by atoms with Gasteiger partial charge in [0, 0.05) is 11.6 Å². The number of phenols is 1. The van der Waals surface area contributed by atoms with Gasteiger partial charge in [-0.3, -0.25) is 0 Å². The lowest BCUT2D eigenvalue weighted by atomic mass is 10.0. The molecular formula is C15H15F2NO. The normalized spacial score (nSPS) is 12.2. The van der Waals surface area contributed by atoms with Crippen LogP contribution in [0.2, 0.25) is 0 Å². The molecule has 0 aromatic heterocycles. The van der Waals surface area contributed by atoms with Crippen molar-refractivity contribution in [3.63, 3.8) is 0 Å². The zero-order valence-corrected chi connectivity index (χ0v) is 10.7. The summed E-state index contributed by atoms with van der Waals surface area (Å²) in [6.07, 6.45) is 0. The summed E-state index contributed by atoms with van der Waals surface area (Å²) >= 11 is 0. The number of aromatic hydroxyl groups is 1. The summed E-state index contributed by atoms with van der Waals surface area (Å²) in [5, 5.41) is 12.8. The molecule has 0 fully saturated rings. The van der Waals surface area contributed by atoms with E-state index in [9.17, 15) is 13.9 Å². The zero-order valence-electron chi connectivity index (χ0n) is 10.7. The summed E-state index contributed by atoms with van der Waals surface area (Å²) in [7, 11) is 0. The smallest absolute Gasteiger partial charge is 0.149 e. The van der Waals surface area contributed by atoms with Gasteiger partial charge in [0.15, 0.2) is 0 Å². The van der Waals surface area contributed by atoms with Crippen molar-refractivity contribution in [2.75, 3.05) is 5.32 Å². The first kappa shape index (κ1) is 13.3. The van der Waals surface area contributed by atoms with Crippen LogP contribution in [0.5, 0.6) is 5.75 Å². The van der Waals surface area contributed by atoms with E-state index in [1.807, 2.05) is 13.0 Å². The second kappa shape index (κ2) is 5.26. The summed E-state index contributed by atoms with van der Waals surface area (Å²) < 4.78 is 26.3. The highest BCUT2D eigenvalue weighted by Crippen LogP contribution is 2.28. The number of anilines is 1. The molecule has 0 aliphatic carbocycles. The maximum Gasteiger partial charge on any atom is 0.149 e. The van der Waals surface area contributed by atoms with Gasteiger partial charge < -0.3 is 10.4 Å². The van der Waals surface area contributed by atoms with Crippen molar-refractivity contribution in [3.8, 4) is 5.75 Å². The number of halogens is 2. The van der Waals surface area contributed by atoms with E-state index in [0.717, 1.165) is 11.6 Å². The fraction of sp³-hybridized carbons (Fsp3) is 0.200. The Morgan fingerprint density at radius 1 is 1.11 bits per heavy atom. The molecule has 2 nitrogen and oxygen atoms in total. The molecule has 2 rings (SSSR count). The fourth-order valence-corrected chi connectivity index (χ4v) is 1.94. The van der Waals surface area contributed by atoms with Crippen LogP contribution in [0.3, 0.4) is 0 Å². The van der Waals surface area contributed by atoms with Crippen LogP contribution in [0.15, 0.2) is 36.4 Å². The largest absolute Gasteiger partial charge is 0.508 e. The molecule has 0 saturated heterocycles.